The molecule has 7 nitrogen and oxygen atoms in total. The Morgan fingerprint density at radius 3 is 3.10 bits per heavy atom. The summed E-state index contributed by atoms with van der Waals surface area (Å²) in [5.74, 6) is 0.774. The van der Waals surface area contributed by atoms with Crippen LogP contribution < -0.4 is 5.32 Å². The topological polar surface area (TPSA) is 90.4 Å². The number of benzene rings is 1. The number of hydrogen-bond acceptors (Lipinski definition) is 6. The Labute approximate surface area is 121 Å². The SMILES string of the molecule is O=[N+]([O-])c1cccc2oc(NCCCOCC3CC3)nc12. The summed E-state index contributed by atoms with van der Waals surface area (Å²) in [6.45, 7) is 2.21. The Morgan fingerprint density at radius 2 is 2.33 bits per heavy atom. The molecule has 1 aliphatic rings. The van der Waals surface area contributed by atoms with Gasteiger partial charge >= 0.3 is 0 Å². The van der Waals surface area contributed by atoms with E-state index in [-0.39, 0.29) is 11.2 Å². The Bertz CT molecular complexity index is 636. The highest BCUT2D eigenvalue weighted by molar-refractivity contribution is 5.83. The molecule has 1 fully saturated rings. The Kier molecular flexibility index (Phi) is 4.01. The van der Waals surface area contributed by atoms with Gasteiger partial charge in [-0.15, -0.1) is 0 Å². The van der Waals surface area contributed by atoms with Gasteiger partial charge in [-0.3, -0.25) is 10.1 Å². The molecule has 1 N–H and O–H groups in total. The van der Waals surface area contributed by atoms with E-state index in [0.717, 1.165) is 18.9 Å². The number of anilines is 1. The second-order valence-corrected chi connectivity index (χ2v) is 5.20. The largest absolute Gasteiger partial charge is 0.423 e. The number of non-ortho nitro benzene ring substituents is 1. The predicted octanol–water partition coefficient (Wildman–Crippen LogP) is 2.96. The predicted molar refractivity (Wildman–Crippen MR) is 77.3 cm³/mol. The minimum atomic E-state index is -0.458. The molecule has 0 saturated heterocycles. The minimum absolute atomic E-state index is 0.0444. The van der Waals surface area contributed by atoms with Crippen LogP contribution in [0.3, 0.4) is 0 Å². The Hall–Kier alpha value is -2.15. The molecule has 0 radical (unpaired) electrons. The maximum absolute atomic E-state index is 10.9. The van der Waals surface area contributed by atoms with Crippen molar-refractivity contribution < 1.29 is 14.1 Å². The third kappa shape index (κ3) is 3.49. The average molecular weight is 291 g/mol. The normalized spacial score (nSPS) is 14.5. The first-order valence-electron chi connectivity index (χ1n) is 7.09. The van der Waals surface area contributed by atoms with Crippen molar-refractivity contribution in [3.63, 3.8) is 0 Å². The van der Waals surface area contributed by atoms with Crippen molar-refractivity contribution in [2.24, 2.45) is 5.92 Å². The number of oxazole rings is 1. The molecule has 0 unspecified atom stereocenters. The number of nitrogens with zero attached hydrogens (tertiary/aromatic N) is 2. The van der Waals surface area contributed by atoms with Gasteiger partial charge in [-0.2, -0.15) is 4.98 Å². The number of fused-ring (bicyclic) bond motifs is 1. The quantitative estimate of drug-likeness (QED) is 0.457. The number of para-hydroxylation sites is 1. The van der Waals surface area contributed by atoms with Gasteiger partial charge in [0.1, 0.15) is 0 Å². The van der Waals surface area contributed by atoms with Crippen molar-refractivity contribution in [3.05, 3.63) is 28.3 Å². The number of nitrogens with one attached hydrogen (secondary N) is 1. The molecule has 0 bridgehead atoms. The van der Waals surface area contributed by atoms with E-state index in [1.165, 1.54) is 18.9 Å². The van der Waals surface area contributed by atoms with Crippen LogP contribution >= 0.6 is 0 Å². The number of rotatable bonds is 8. The molecule has 3 rings (SSSR count). The summed E-state index contributed by atoms with van der Waals surface area (Å²) in [4.78, 5) is 14.6. The van der Waals surface area contributed by atoms with E-state index < -0.39 is 4.92 Å². The van der Waals surface area contributed by atoms with Gasteiger partial charge in [-0.05, 0) is 31.2 Å². The first-order chi connectivity index (χ1) is 10.2. The van der Waals surface area contributed by atoms with Crippen LogP contribution in [0.1, 0.15) is 19.3 Å². The molecule has 0 amide bonds. The van der Waals surface area contributed by atoms with Crippen LogP contribution in [0.5, 0.6) is 0 Å². The highest BCUT2D eigenvalue weighted by Crippen LogP contribution is 2.29. The number of ether oxygens (including phenoxy) is 1. The fourth-order valence-corrected chi connectivity index (χ4v) is 2.06. The molecular formula is C14H17N3O4. The number of nitro benzene ring substituents is 1. The highest BCUT2D eigenvalue weighted by Gasteiger charge is 2.21. The molecule has 1 saturated carbocycles. The molecule has 1 aromatic carbocycles. The van der Waals surface area contributed by atoms with E-state index in [1.807, 2.05) is 0 Å². The first-order valence-corrected chi connectivity index (χ1v) is 7.09. The zero-order chi connectivity index (χ0) is 14.7. The van der Waals surface area contributed by atoms with Crippen LogP contribution in [0.4, 0.5) is 11.7 Å². The fraction of sp³-hybridized carbons (Fsp3) is 0.500. The van der Waals surface area contributed by atoms with Crippen LogP contribution in [-0.2, 0) is 4.74 Å². The lowest BCUT2D eigenvalue weighted by molar-refractivity contribution is -0.383. The lowest BCUT2D eigenvalue weighted by Crippen LogP contribution is -2.07. The first kappa shape index (κ1) is 13.8. The summed E-state index contributed by atoms with van der Waals surface area (Å²) >= 11 is 0. The molecular weight excluding hydrogens is 274 g/mol. The van der Waals surface area contributed by atoms with E-state index >= 15 is 0 Å². The van der Waals surface area contributed by atoms with Crippen molar-refractivity contribution in [1.29, 1.82) is 0 Å². The highest BCUT2D eigenvalue weighted by atomic mass is 16.6. The fourth-order valence-electron chi connectivity index (χ4n) is 2.06. The molecule has 0 aliphatic heterocycles. The number of hydrogen-bond donors (Lipinski definition) is 1. The smallest absolute Gasteiger partial charge is 0.298 e. The number of nitro groups is 1. The molecule has 112 valence electrons. The molecule has 7 heteroatoms. The van der Waals surface area contributed by atoms with Crippen molar-refractivity contribution in [1.82, 2.24) is 4.98 Å². The molecule has 21 heavy (non-hydrogen) atoms. The summed E-state index contributed by atoms with van der Waals surface area (Å²) < 4.78 is 11.0. The van der Waals surface area contributed by atoms with E-state index in [0.29, 0.717) is 24.7 Å². The van der Waals surface area contributed by atoms with Crippen LogP contribution in [0.15, 0.2) is 22.6 Å². The summed E-state index contributed by atoms with van der Waals surface area (Å²) in [5, 5.41) is 13.9. The Morgan fingerprint density at radius 1 is 1.48 bits per heavy atom. The van der Waals surface area contributed by atoms with Crippen LogP contribution in [0, 0.1) is 16.0 Å². The van der Waals surface area contributed by atoms with Gasteiger partial charge in [0.05, 0.1) is 4.92 Å². The zero-order valence-corrected chi connectivity index (χ0v) is 11.6. The van der Waals surface area contributed by atoms with Gasteiger partial charge in [0, 0.05) is 25.8 Å². The molecule has 1 aromatic heterocycles. The van der Waals surface area contributed by atoms with E-state index in [1.54, 1.807) is 12.1 Å². The van der Waals surface area contributed by atoms with Crippen molar-refractivity contribution in [2.75, 3.05) is 25.1 Å². The van der Waals surface area contributed by atoms with Crippen LogP contribution in [0.2, 0.25) is 0 Å². The summed E-state index contributed by atoms with van der Waals surface area (Å²) in [7, 11) is 0. The van der Waals surface area contributed by atoms with Gasteiger partial charge in [0.2, 0.25) is 0 Å². The number of aromatic nitrogens is 1. The van der Waals surface area contributed by atoms with Crippen molar-refractivity contribution >= 4 is 22.8 Å². The average Bonchev–Trinajstić information content (AvgIpc) is 3.19. The molecule has 0 spiro atoms. The lowest BCUT2D eigenvalue weighted by Gasteiger charge is -2.03. The lowest BCUT2D eigenvalue weighted by atomic mass is 10.3. The molecule has 1 aliphatic carbocycles. The van der Waals surface area contributed by atoms with Gasteiger partial charge in [-0.1, -0.05) is 6.07 Å². The summed E-state index contributed by atoms with van der Waals surface area (Å²) in [5.41, 5.74) is 0.642. The van der Waals surface area contributed by atoms with Crippen LogP contribution in [0.25, 0.3) is 11.1 Å². The standard InChI is InChI=1S/C14H17N3O4/c18-17(19)11-3-1-4-12-13(11)16-14(21-12)15-7-2-8-20-9-10-5-6-10/h1,3-4,10H,2,5-9H2,(H,15,16). The van der Waals surface area contributed by atoms with Gasteiger partial charge < -0.3 is 14.5 Å². The Balaban J connectivity index is 1.52. The molecule has 2 aromatic rings. The zero-order valence-electron chi connectivity index (χ0n) is 11.6. The van der Waals surface area contributed by atoms with Crippen molar-refractivity contribution in [2.45, 2.75) is 19.3 Å². The maximum atomic E-state index is 10.9. The minimum Gasteiger partial charge on any atom is -0.423 e. The van der Waals surface area contributed by atoms with Crippen molar-refractivity contribution in [3.8, 4) is 0 Å². The third-order valence-electron chi connectivity index (χ3n) is 3.39. The van der Waals surface area contributed by atoms with Crippen LogP contribution in [-0.4, -0.2) is 29.7 Å². The van der Waals surface area contributed by atoms with E-state index in [4.69, 9.17) is 9.15 Å². The van der Waals surface area contributed by atoms with E-state index in [2.05, 4.69) is 10.3 Å². The summed E-state index contributed by atoms with van der Waals surface area (Å²) in [6.07, 6.45) is 3.42. The third-order valence-corrected chi connectivity index (χ3v) is 3.39. The monoisotopic (exact) mass is 291 g/mol. The maximum Gasteiger partial charge on any atom is 0.298 e. The van der Waals surface area contributed by atoms with Gasteiger partial charge in [0.15, 0.2) is 11.1 Å². The van der Waals surface area contributed by atoms with Gasteiger partial charge in [-0.25, -0.2) is 0 Å². The molecule has 1 heterocycles. The second-order valence-electron chi connectivity index (χ2n) is 5.20. The molecule has 0 atom stereocenters. The summed E-state index contributed by atoms with van der Waals surface area (Å²) in [6, 6.07) is 4.97. The van der Waals surface area contributed by atoms with Gasteiger partial charge in [0.25, 0.3) is 11.7 Å². The van der Waals surface area contributed by atoms with E-state index in [9.17, 15) is 10.1 Å². The second kappa shape index (κ2) is 6.09.